The van der Waals surface area contributed by atoms with Crippen molar-refractivity contribution in [2.24, 2.45) is 0 Å². The second-order valence-electron chi connectivity index (χ2n) is 5.65. The van der Waals surface area contributed by atoms with E-state index in [9.17, 15) is 9.59 Å². The van der Waals surface area contributed by atoms with Crippen LogP contribution in [0, 0.1) is 0 Å². The summed E-state index contributed by atoms with van der Waals surface area (Å²) in [4.78, 5) is 24.1. The average molecular weight is 357 g/mol. The molecule has 0 aliphatic carbocycles. The first kappa shape index (κ1) is 17.0. The first-order valence-electron chi connectivity index (χ1n) is 7.84. The van der Waals surface area contributed by atoms with Crippen LogP contribution >= 0.6 is 11.6 Å². The van der Waals surface area contributed by atoms with Crippen LogP contribution in [0.25, 0.3) is 0 Å². The predicted molar refractivity (Wildman–Crippen MR) is 95.8 cm³/mol. The Hall–Kier alpha value is -2.79. The van der Waals surface area contributed by atoms with Gasteiger partial charge in [0.25, 0.3) is 11.5 Å². The van der Waals surface area contributed by atoms with E-state index in [0.29, 0.717) is 10.8 Å². The summed E-state index contributed by atoms with van der Waals surface area (Å²) in [6.45, 7) is 2.12. The summed E-state index contributed by atoms with van der Waals surface area (Å²) < 4.78 is 7.07. The molecular formula is C19H17ClN2O3. The molecule has 0 radical (unpaired) electrons. The van der Waals surface area contributed by atoms with Crippen LogP contribution in [-0.4, -0.2) is 10.5 Å². The Morgan fingerprint density at radius 3 is 2.68 bits per heavy atom. The van der Waals surface area contributed by atoms with Crippen LogP contribution in [0.2, 0.25) is 5.02 Å². The number of hydrogen-bond acceptors (Lipinski definition) is 3. The van der Waals surface area contributed by atoms with Gasteiger partial charge < -0.3 is 14.3 Å². The topological polar surface area (TPSA) is 64.2 Å². The van der Waals surface area contributed by atoms with Gasteiger partial charge in [-0.1, -0.05) is 35.9 Å². The standard InChI is InChI=1S/C19H17ClN2O3/c1-13(15-6-2-3-7-16(15)20)21-19(24)17-10-9-14(25-17)12-22-11-5-4-8-18(22)23/h2-11,13H,12H2,1H3,(H,21,24)/t13-/m0/s1. The molecule has 0 unspecified atom stereocenters. The molecule has 1 amide bonds. The molecule has 0 fully saturated rings. The summed E-state index contributed by atoms with van der Waals surface area (Å²) in [6.07, 6.45) is 1.67. The fourth-order valence-corrected chi connectivity index (χ4v) is 2.82. The minimum absolute atomic E-state index is 0.128. The number of nitrogens with one attached hydrogen (secondary N) is 1. The quantitative estimate of drug-likeness (QED) is 0.759. The van der Waals surface area contributed by atoms with Crippen LogP contribution in [0.5, 0.6) is 0 Å². The number of halogens is 1. The van der Waals surface area contributed by atoms with Crippen molar-refractivity contribution >= 4 is 17.5 Å². The lowest BCUT2D eigenvalue weighted by Gasteiger charge is -2.14. The lowest BCUT2D eigenvalue weighted by Crippen LogP contribution is -2.26. The third-order valence-electron chi connectivity index (χ3n) is 3.83. The summed E-state index contributed by atoms with van der Waals surface area (Å²) in [5.41, 5.74) is 0.706. The largest absolute Gasteiger partial charge is 0.454 e. The van der Waals surface area contributed by atoms with E-state index in [-0.39, 0.29) is 29.8 Å². The van der Waals surface area contributed by atoms with E-state index in [1.54, 1.807) is 36.5 Å². The Morgan fingerprint density at radius 1 is 1.16 bits per heavy atom. The number of carbonyl (C=O) groups excluding carboxylic acids is 1. The molecule has 128 valence electrons. The van der Waals surface area contributed by atoms with Crippen molar-refractivity contribution in [1.29, 1.82) is 0 Å². The number of furan rings is 1. The van der Waals surface area contributed by atoms with Gasteiger partial charge in [-0.3, -0.25) is 9.59 Å². The molecule has 0 bridgehead atoms. The SMILES string of the molecule is C[C@H](NC(=O)c1ccc(Cn2ccccc2=O)o1)c1ccccc1Cl. The maximum absolute atomic E-state index is 12.4. The fraction of sp³-hybridized carbons (Fsp3) is 0.158. The van der Waals surface area contributed by atoms with Crippen LogP contribution in [0.15, 0.2) is 70.0 Å². The van der Waals surface area contributed by atoms with E-state index < -0.39 is 0 Å². The van der Waals surface area contributed by atoms with Crippen LogP contribution in [0.4, 0.5) is 0 Å². The van der Waals surface area contributed by atoms with Crippen molar-refractivity contribution < 1.29 is 9.21 Å². The molecule has 0 aliphatic heterocycles. The zero-order valence-electron chi connectivity index (χ0n) is 13.6. The number of benzene rings is 1. The van der Waals surface area contributed by atoms with Gasteiger partial charge in [-0.2, -0.15) is 0 Å². The molecule has 2 heterocycles. The summed E-state index contributed by atoms with van der Waals surface area (Å²) in [5, 5.41) is 3.45. The van der Waals surface area contributed by atoms with E-state index >= 15 is 0 Å². The average Bonchev–Trinajstić information content (AvgIpc) is 3.06. The molecule has 0 saturated heterocycles. The number of nitrogens with zero attached hydrogens (tertiary/aromatic N) is 1. The molecule has 6 heteroatoms. The number of aromatic nitrogens is 1. The van der Waals surface area contributed by atoms with Gasteiger partial charge in [0.05, 0.1) is 12.6 Å². The molecule has 0 saturated carbocycles. The van der Waals surface area contributed by atoms with Gasteiger partial charge in [-0.25, -0.2) is 0 Å². The summed E-state index contributed by atoms with van der Waals surface area (Å²) >= 11 is 6.15. The van der Waals surface area contributed by atoms with E-state index in [4.69, 9.17) is 16.0 Å². The zero-order valence-corrected chi connectivity index (χ0v) is 14.4. The van der Waals surface area contributed by atoms with Crippen molar-refractivity contribution in [3.63, 3.8) is 0 Å². The Kier molecular flexibility index (Phi) is 5.05. The zero-order chi connectivity index (χ0) is 17.8. The Balaban J connectivity index is 1.70. The van der Waals surface area contributed by atoms with Crippen LogP contribution in [0.1, 0.15) is 34.8 Å². The second kappa shape index (κ2) is 7.40. The highest BCUT2D eigenvalue weighted by atomic mass is 35.5. The number of amides is 1. The molecule has 1 aromatic carbocycles. The summed E-state index contributed by atoms with van der Waals surface area (Å²) in [5.74, 6) is 0.390. The number of pyridine rings is 1. The third-order valence-corrected chi connectivity index (χ3v) is 4.17. The molecule has 3 rings (SSSR count). The lowest BCUT2D eigenvalue weighted by atomic mass is 10.1. The number of rotatable bonds is 5. The van der Waals surface area contributed by atoms with Gasteiger partial charge in [0, 0.05) is 17.3 Å². The number of carbonyl (C=O) groups is 1. The molecule has 0 spiro atoms. The number of hydrogen-bond donors (Lipinski definition) is 1. The normalized spacial score (nSPS) is 11.9. The van der Waals surface area contributed by atoms with Gasteiger partial charge in [-0.05, 0) is 36.8 Å². The van der Waals surface area contributed by atoms with Crippen LogP contribution in [-0.2, 0) is 6.54 Å². The van der Waals surface area contributed by atoms with Crippen molar-refractivity contribution in [2.75, 3.05) is 0 Å². The molecule has 1 N–H and O–H groups in total. The molecule has 2 aromatic heterocycles. The molecular weight excluding hydrogens is 340 g/mol. The molecule has 5 nitrogen and oxygen atoms in total. The monoisotopic (exact) mass is 356 g/mol. The predicted octanol–water partition coefficient (Wildman–Crippen LogP) is 3.63. The molecule has 1 atom stereocenters. The molecule has 25 heavy (non-hydrogen) atoms. The Bertz CT molecular complexity index is 945. The minimum atomic E-state index is -0.334. The summed E-state index contributed by atoms with van der Waals surface area (Å²) in [6, 6.07) is 15.3. The highest BCUT2D eigenvalue weighted by molar-refractivity contribution is 6.31. The first-order valence-corrected chi connectivity index (χ1v) is 8.22. The van der Waals surface area contributed by atoms with Crippen LogP contribution in [0.3, 0.4) is 0 Å². The van der Waals surface area contributed by atoms with Gasteiger partial charge >= 0.3 is 0 Å². The van der Waals surface area contributed by atoms with Gasteiger partial charge in [-0.15, -0.1) is 0 Å². The van der Waals surface area contributed by atoms with Crippen molar-refractivity contribution in [1.82, 2.24) is 9.88 Å². The molecule has 3 aromatic rings. The third kappa shape index (κ3) is 4.00. The second-order valence-corrected chi connectivity index (χ2v) is 6.06. The maximum atomic E-state index is 12.4. The van der Waals surface area contributed by atoms with E-state index in [1.807, 2.05) is 25.1 Å². The minimum Gasteiger partial charge on any atom is -0.454 e. The maximum Gasteiger partial charge on any atom is 0.287 e. The van der Waals surface area contributed by atoms with E-state index in [1.165, 1.54) is 10.6 Å². The summed E-state index contributed by atoms with van der Waals surface area (Å²) in [7, 11) is 0. The highest BCUT2D eigenvalue weighted by Crippen LogP contribution is 2.22. The van der Waals surface area contributed by atoms with Gasteiger partial charge in [0.2, 0.25) is 0 Å². The van der Waals surface area contributed by atoms with Crippen molar-refractivity contribution in [3.05, 3.63) is 93.3 Å². The van der Waals surface area contributed by atoms with Crippen LogP contribution < -0.4 is 10.9 Å². The highest BCUT2D eigenvalue weighted by Gasteiger charge is 2.16. The van der Waals surface area contributed by atoms with Crippen molar-refractivity contribution in [3.8, 4) is 0 Å². The van der Waals surface area contributed by atoms with E-state index in [0.717, 1.165) is 5.56 Å². The lowest BCUT2D eigenvalue weighted by molar-refractivity contribution is 0.0910. The Labute approximate surface area is 149 Å². The van der Waals surface area contributed by atoms with Gasteiger partial charge in [0.15, 0.2) is 5.76 Å². The van der Waals surface area contributed by atoms with Crippen molar-refractivity contribution in [2.45, 2.75) is 19.5 Å². The first-order chi connectivity index (χ1) is 12.0. The molecule has 0 aliphatic rings. The smallest absolute Gasteiger partial charge is 0.287 e. The Morgan fingerprint density at radius 2 is 1.92 bits per heavy atom. The van der Waals surface area contributed by atoms with E-state index in [2.05, 4.69) is 5.32 Å². The van der Waals surface area contributed by atoms with Gasteiger partial charge in [0.1, 0.15) is 5.76 Å². The fourth-order valence-electron chi connectivity index (χ4n) is 2.52.